The molecule has 0 saturated heterocycles. The van der Waals surface area contributed by atoms with Gasteiger partial charge in [-0.25, -0.2) is 9.67 Å². The summed E-state index contributed by atoms with van der Waals surface area (Å²) in [5.41, 5.74) is -1.79. The Hall–Kier alpha value is -1.60. The van der Waals surface area contributed by atoms with Crippen LogP contribution in [-0.4, -0.2) is 20.5 Å². The second kappa shape index (κ2) is 5.06. The number of alkyl halides is 3. The molecule has 0 unspecified atom stereocenters. The van der Waals surface area contributed by atoms with Crippen LogP contribution in [0.5, 0.6) is 0 Å². The monoisotopic (exact) mass is 323 g/mol. The van der Waals surface area contributed by atoms with E-state index < -0.39 is 23.2 Å². The molecule has 20 heavy (non-hydrogen) atoms. The van der Waals surface area contributed by atoms with Crippen molar-refractivity contribution in [1.82, 2.24) is 14.8 Å². The number of halogens is 5. The maximum absolute atomic E-state index is 13.1. The summed E-state index contributed by atoms with van der Waals surface area (Å²) in [6, 6.07) is 1.33. The molecule has 2 rings (SSSR count). The Kier molecular flexibility index (Phi) is 3.75. The van der Waals surface area contributed by atoms with E-state index in [-0.39, 0.29) is 15.9 Å². The van der Waals surface area contributed by atoms with E-state index in [1.807, 2.05) is 0 Å². The van der Waals surface area contributed by atoms with E-state index in [4.69, 9.17) is 23.2 Å². The molecule has 0 fully saturated rings. The quantitative estimate of drug-likeness (QED) is 0.790. The fourth-order valence-corrected chi connectivity index (χ4v) is 1.93. The van der Waals surface area contributed by atoms with Crippen LogP contribution in [0.4, 0.5) is 13.2 Å². The summed E-state index contributed by atoms with van der Waals surface area (Å²) in [6.07, 6.45) is -2.77. The summed E-state index contributed by atoms with van der Waals surface area (Å²) in [4.78, 5) is 15.0. The fourth-order valence-electron chi connectivity index (χ4n) is 1.60. The van der Waals surface area contributed by atoms with Gasteiger partial charge in [0.2, 0.25) is 0 Å². The minimum Gasteiger partial charge on any atom is -0.294 e. The Morgan fingerprint density at radius 1 is 1.35 bits per heavy atom. The van der Waals surface area contributed by atoms with Gasteiger partial charge in [-0.3, -0.25) is 4.79 Å². The first kappa shape index (κ1) is 14.8. The van der Waals surface area contributed by atoms with Crippen molar-refractivity contribution >= 4 is 29.0 Å². The van der Waals surface area contributed by atoms with E-state index >= 15 is 0 Å². The average molecular weight is 324 g/mol. The zero-order valence-electron chi connectivity index (χ0n) is 9.87. The van der Waals surface area contributed by atoms with Crippen LogP contribution in [-0.2, 0) is 6.18 Å². The largest absolute Gasteiger partial charge is 0.434 e. The van der Waals surface area contributed by atoms with Crippen LogP contribution >= 0.6 is 23.2 Å². The molecule has 106 valence electrons. The highest BCUT2D eigenvalue weighted by molar-refractivity contribution is 6.42. The zero-order chi connectivity index (χ0) is 15.1. The highest BCUT2D eigenvalue weighted by atomic mass is 35.5. The number of Topliss-reactive ketones (excluding diaryl/α,β-unsaturated/α-hetero) is 1. The average Bonchev–Trinajstić information content (AvgIpc) is 2.77. The zero-order valence-corrected chi connectivity index (χ0v) is 11.4. The van der Waals surface area contributed by atoms with Gasteiger partial charge in [-0.1, -0.05) is 23.2 Å². The highest BCUT2D eigenvalue weighted by Crippen LogP contribution is 2.35. The van der Waals surface area contributed by atoms with Crippen LogP contribution in [0.1, 0.15) is 23.0 Å². The summed E-state index contributed by atoms with van der Waals surface area (Å²) in [5, 5.41) is 3.40. The van der Waals surface area contributed by atoms with Crippen LogP contribution in [0.3, 0.4) is 0 Å². The maximum atomic E-state index is 13.1. The summed E-state index contributed by atoms with van der Waals surface area (Å²) in [5.74, 6) is -1.05. The third-order valence-corrected chi connectivity index (χ3v) is 3.23. The van der Waals surface area contributed by atoms with Gasteiger partial charge in [0, 0.05) is 6.20 Å². The Labute approximate surface area is 121 Å². The number of rotatable bonds is 2. The van der Waals surface area contributed by atoms with Gasteiger partial charge in [-0.05, 0) is 13.0 Å². The van der Waals surface area contributed by atoms with Gasteiger partial charge >= 0.3 is 6.18 Å². The Morgan fingerprint density at radius 2 is 2.00 bits per heavy atom. The Balaban J connectivity index is 2.76. The number of hydrogen-bond donors (Lipinski definition) is 0. The normalized spacial score (nSPS) is 11.7. The SMILES string of the molecule is CC(=O)c1cnn(-c2nccc(Cl)c2Cl)c1C(F)(F)F. The van der Waals surface area contributed by atoms with Crippen LogP contribution in [0.2, 0.25) is 10.0 Å². The fraction of sp³-hybridized carbons (Fsp3) is 0.182. The molecule has 4 nitrogen and oxygen atoms in total. The van der Waals surface area contributed by atoms with Gasteiger partial charge in [0.25, 0.3) is 0 Å². The van der Waals surface area contributed by atoms with E-state index in [0.717, 1.165) is 13.1 Å². The van der Waals surface area contributed by atoms with Crippen molar-refractivity contribution in [2.24, 2.45) is 0 Å². The molecular formula is C11H6Cl2F3N3O. The van der Waals surface area contributed by atoms with Gasteiger partial charge in [-0.2, -0.15) is 18.3 Å². The van der Waals surface area contributed by atoms with Crippen molar-refractivity contribution in [3.63, 3.8) is 0 Å². The van der Waals surface area contributed by atoms with E-state index in [2.05, 4.69) is 10.1 Å². The number of carbonyl (C=O) groups is 1. The molecule has 0 radical (unpaired) electrons. The first-order chi connectivity index (χ1) is 9.23. The van der Waals surface area contributed by atoms with Crippen molar-refractivity contribution < 1.29 is 18.0 Å². The summed E-state index contributed by atoms with van der Waals surface area (Å²) in [6.45, 7) is 1.02. The number of carbonyl (C=O) groups excluding carboxylic acids is 1. The molecule has 2 heterocycles. The lowest BCUT2D eigenvalue weighted by molar-refractivity contribution is -0.143. The molecule has 0 atom stereocenters. The molecule has 0 bridgehead atoms. The first-order valence-electron chi connectivity index (χ1n) is 5.20. The lowest BCUT2D eigenvalue weighted by atomic mass is 10.2. The van der Waals surface area contributed by atoms with Gasteiger partial charge in [0.15, 0.2) is 17.3 Å². The van der Waals surface area contributed by atoms with E-state index in [1.54, 1.807) is 0 Å². The lowest BCUT2D eigenvalue weighted by Crippen LogP contribution is -2.17. The lowest BCUT2D eigenvalue weighted by Gasteiger charge is -2.12. The van der Waals surface area contributed by atoms with Crippen molar-refractivity contribution in [2.45, 2.75) is 13.1 Å². The van der Waals surface area contributed by atoms with Crippen molar-refractivity contribution in [2.75, 3.05) is 0 Å². The summed E-state index contributed by atoms with van der Waals surface area (Å²) >= 11 is 11.6. The Bertz CT molecular complexity index is 682. The van der Waals surface area contributed by atoms with Gasteiger partial charge in [0.1, 0.15) is 5.02 Å². The molecule has 0 aliphatic carbocycles. The van der Waals surface area contributed by atoms with Crippen LogP contribution in [0.25, 0.3) is 5.82 Å². The summed E-state index contributed by atoms with van der Waals surface area (Å²) in [7, 11) is 0. The molecule has 0 amide bonds. The topological polar surface area (TPSA) is 47.8 Å². The van der Waals surface area contributed by atoms with Gasteiger partial charge in [-0.15, -0.1) is 0 Å². The number of pyridine rings is 1. The second-order valence-electron chi connectivity index (χ2n) is 3.80. The van der Waals surface area contributed by atoms with Crippen molar-refractivity contribution in [3.8, 4) is 5.82 Å². The predicted molar refractivity (Wildman–Crippen MR) is 66.4 cm³/mol. The maximum Gasteiger partial charge on any atom is 0.434 e. The molecule has 0 aliphatic heterocycles. The predicted octanol–water partition coefficient (Wildman–Crippen LogP) is 3.80. The molecule has 9 heteroatoms. The number of hydrogen-bond acceptors (Lipinski definition) is 3. The summed E-state index contributed by atoms with van der Waals surface area (Å²) < 4.78 is 39.8. The second-order valence-corrected chi connectivity index (χ2v) is 4.59. The minimum atomic E-state index is -4.79. The molecule has 0 saturated carbocycles. The molecular weight excluding hydrogens is 318 g/mol. The number of nitrogens with zero attached hydrogens (tertiary/aromatic N) is 3. The number of aromatic nitrogens is 3. The number of ketones is 1. The minimum absolute atomic E-state index is 0.0321. The Morgan fingerprint density at radius 3 is 2.55 bits per heavy atom. The van der Waals surface area contributed by atoms with Crippen LogP contribution in [0.15, 0.2) is 18.5 Å². The van der Waals surface area contributed by atoms with Crippen LogP contribution < -0.4 is 0 Å². The molecule has 0 spiro atoms. The van der Waals surface area contributed by atoms with E-state index in [1.165, 1.54) is 12.3 Å². The van der Waals surface area contributed by atoms with Crippen molar-refractivity contribution in [3.05, 3.63) is 39.8 Å². The van der Waals surface area contributed by atoms with Gasteiger partial charge in [0.05, 0.1) is 16.8 Å². The molecule has 0 aliphatic rings. The van der Waals surface area contributed by atoms with E-state index in [0.29, 0.717) is 4.68 Å². The molecule has 2 aromatic heterocycles. The third-order valence-electron chi connectivity index (χ3n) is 2.44. The first-order valence-corrected chi connectivity index (χ1v) is 5.95. The van der Waals surface area contributed by atoms with Gasteiger partial charge < -0.3 is 0 Å². The van der Waals surface area contributed by atoms with Crippen LogP contribution in [0, 0.1) is 0 Å². The molecule has 0 N–H and O–H groups in total. The van der Waals surface area contributed by atoms with Crippen molar-refractivity contribution in [1.29, 1.82) is 0 Å². The van der Waals surface area contributed by atoms with E-state index in [9.17, 15) is 18.0 Å². The smallest absolute Gasteiger partial charge is 0.294 e. The third kappa shape index (κ3) is 2.51. The highest BCUT2D eigenvalue weighted by Gasteiger charge is 2.40. The molecule has 0 aromatic carbocycles. The molecule has 2 aromatic rings. The standard InChI is InChI=1S/C11H6Cl2F3N3O/c1-5(20)6-4-18-19(9(6)11(14,15)16)10-8(13)7(12)2-3-17-10/h2-4H,1H3.